The Morgan fingerprint density at radius 3 is 2.82 bits per heavy atom. The third-order valence-electron chi connectivity index (χ3n) is 3.75. The summed E-state index contributed by atoms with van der Waals surface area (Å²) >= 11 is 1.61. The lowest BCUT2D eigenvalue weighted by atomic mass is 10.2. The first kappa shape index (κ1) is 13.7. The van der Waals surface area contributed by atoms with E-state index in [1.54, 1.807) is 18.1 Å². The van der Waals surface area contributed by atoms with Gasteiger partial charge in [-0.1, -0.05) is 30.0 Å². The van der Waals surface area contributed by atoms with Crippen molar-refractivity contribution in [1.82, 2.24) is 19.5 Å². The fourth-order valence-corrected chi connectivity index (χ4v) is 3.52. The molecule has 4 rings (SSSR count). The molecule has 0 bridgehead atoms. The second kappa shape index (κ2) is 6.06. The maximum Gasteiger partial charge on any atom is 0.166 e. The Labute approximate surface area is 132 Å². The number of fused-ring (bicyclic) bond motifs is 1. The average molecular weight is 312 g/mol. The summed E-state index contributed by atoms with van der Waals surface area (Å²) in [6.45, 7) is 0.807. The molecule has 1 atom stereocenters. The summed E-state index contributed by atoms with van der Waals surface area (Å²) in [5.41, 5.74) is 1.69. The summed E-state index contributed by atoms with van der Waals surface area (Å²) < 4.78 is 7.88. The summed E-state index contributed by atoms with van der Waals surface area (Å²) in [4.78, 5) is 14.5. The molecular formula is C16H16N4OS. The van der Waals surface area contributed by atoms with E-state index in [9.17, 15) is 0 Å². The molecule has 0 spiro atoms. The van der Waals surface area contributed by atoms with Crippen LogP contribution in [-0.2, 0) is 4.74 Å². The zero-order chi connectivity index (χ0) is 14.8. The lowest BCUT2D eigenvalue weighted by molar-refractivity contribution is -0.0298. The normalized spacial score (nSPS) is 18.6. The quantitative estimate of drug-likeness (QED) is 0.691. The van der Waals surface area contributed by atoms with Crippen molar-refractivity contribution in [3.63, 3.8) is 0 Å². The molecule has 1 saturated heterocycles. The first-order valence-electron chi connectivity index (χ1n) is 7.44. The van der Waals surface area contributed by atoms with E-state index < -0.39 is 0 Å². The van der Waals surface area contributed by atoms with Gasteiger partial charge in [-0.05, 0) is 31.4 Å². The number of benzene rings is 1. The van der Waals surface area contributed by atoms with Crippen molar-refractivity contribution in [2.24, 2.45) is 0 Å². The van der Waals surface area contributed by atoms with Gasteiger partial charge in [-0.15, -0.1) is 0 Å². The third kappa shape index (κ3) is 2.60. The van der Waals surface area contributed by atoms with Crippen molar-refractivity contribution in [3.05, 3.63) is 43.0 Å². The van der Waals surface area contributed by atoms with Crippen LogP contribution in [0.2, 0.25) is 0 Å². The van der Waals surface area contributed by atoms with Gasteiger partial charge in [0.25, 0.3) is 0 Å². The van der Waals surface area contributed by atoms with E-state index in [1.165, 1.54) is 6.42 Å². The molecule has 0 amide bonds. The van der Waals surface area contributed by atoms with Crippen LogP contribution in [0.3, 0.4) is 0 Å². The van der Waals surface area contributed by atoms with Crippen LogP contribution in [0, 0.1) is 0 Å². The second-order valence-electron chi connectivity index (χ2n) is 5.24. The highest BCUT2D eigenvalue weighted by Crippen LogP contribution is 2.32. The number of nitrogens with zero attached hydrogens (tertiary/aromatic N) is 4. The van der Waals surface area contributed by atoms with Gasteiger partial charge in [0.05, 0.1) is 6.33 Å². The molecule has 22 heavy (non-hydrogen) atoms. The minimum Gasteiger partial charge on any atom is -0.358 e. The predicted octanol–water partition coefficient (Wildman–Crippen LogP) is 3.68. The Morgan fingerprint density at radius 2 is 2.00 bits per heavy atom. The highest BCUT2D eigenvalue weighted by Gasteiger charge is 2.20. The smallest absolute Gasteiger partial charge is 0.166 e. The van der Waals surface area contributed by atoms with Crippen LogP contribution < -0.4 is 0 Å². The van der Waals surface area contributed by atoms with Crippen molar-refractivity contribution >= 4 is 22.9 Å². The van der Waals surface area contributed by atoms with Crippen LogP contribution in [0.5, 0.6) is 0 Å². The van der Waals surface area contributed by atoms with Crippen LogP contribution in [0.15, 0.2) is 52.9 Å². The molecule has 0 saturated carbocycles. The van der Waals surface area contributed by atoms with Crippen LogP contribution in [0.25, 0.3) is 11.2 Å². The van der Waals surface area contributed by atoms with Crippen LogP contribution in [0.4, 0.5) is 0 Å². The molecule has 1 aliphatic rings. The molecule has 0 N–H and O–H groups in total. The number of ether oxygens (including phenoxy) is 1. The summed E-state index contributed by atoms with van der Waals surface area (Å²) in [6, 6.07) is 10.2. The molecule has 3 aromatic rings. The molecule has 1 fully saturated rings. The minimum absolute atomic E-state index is 0.0447. The van der Waals surface area contributed by atoms with Crippen LogP contribution in [-0.4, -0.2) is 26.1 Å². The van der Waals surface area contributed by atoms with Gasteiger partial charge in [0.1, 0.15) is 23.1 Å². The van der Waals surface area contributed by atoms with E-state index in [-0.39, 0.29) is 6.23 Å². The Kier molecular flexibility index (Phi) is 3.78. The third-order valence-corrected chi connectivity index (χ3v) is 4.75. The lowest BCUT2D eigenvalue weighted by Gasteiger charge is -2.23. The average Bonchev–Trinajstić information content (AvgIpc) is 3.02. The van der Waals surface area contributed by atoms with Gasteiger partial charge in [-0.3, -0.25) is 4.57 Å². The van der Waals surface area contributed by atoms with Crippen molar-refractivity contribution < 1.29 is 4.74 Å². The lowest BCUT2D eigenvalue weighted by Crippen LogP contribution is -2.17. The Bertz CT molecular complexity index is 768. The van der Waals surface area contributed by atoms with Crippen LogP contribution >= 0.6 is 11.8 Å². The molecule has 6 heteroatoms. The molecule has 3 heterocycles. The Balaban J connectivity index is 1.70. The second-order valence-corrected chi connectivity index (χ2v) is 6.30. The standard InChI is InChI=1S/C16H16N4OS/c1-2-6-12(7-3-1)22-16-14-15(17-10-18-16)20(11-19-14)13-8-4-5-9-21-13/h1-3,6-7,10-11,13H,4-5,8-9H2. The number of imidazole rings is 1. The zero-order valence-corrected chi connectivity index (χ0v) is 12.9. The molecule has 0 radical (unpaired) electrons. The number of aromatic nitrogens is 4. The minimum atomic E-state index is 0.0447. The molecule has 112 valence electrons. The molecule has 5 nitrogen and oxygen atoms in total. The van der Waals surface area contributed by atoms with E-state index in [0.29, 0.717) is 0 Å². The van der Waals surface area contributed by atoms with Gasteiger partial charge < -0.3 is 4.74 Å². The maximum absolute atomic E-state index is 5.84. The van der Waals surface area contributed by atoms with Crippen molar-refractivity contribution in [2.75, 3.05) is 6.61 Å². The summed E-state index contributed by atoms with van der Waals surface area (Å²) in [7, 11) is 0. The zero-order valence-electron chi connectivity index (χ0n) is 12.1. The van der Waals surface area contributed by atoms with Crippen molar-refractivity contribution in [2.45, 2.75) is 35.4 Å². The fourth-order valence-electron chi connectivity index (χ4n) is 2.66. The van der Waals surface area contributed by atoms with Crippen molar-refractivity contribution in [3.8, 4) is 0 Å². The molecule has 1 aromatic carbocycles. The van der Waals surface area contributed by atoms with Gasteiger partial charge in [0.15, 0.2) is 5.65 Å². The SMILES string of the molecule is c1ccc(Sc2ncnc3c2ncn3C2CCCCO2)cc1. The summed E-state index contributed by atoms with van der Waals surface area (Å²) in [5, 5.41) is 0.880. The van der Waals surface area contributed by atoms with Gasteiger partial charge in [-0.25, -0.2) is 15.0 Å². The number of rotatable bonds is 3. The van der Waals surface area contributed by atoms with E-state index >= 15 is 0 Å². The van der Waals surface area contributed by atoms with E-state index in [1.807, 2.05) is 29.1 Å². The van der Waals surface area contributed by atoms with Gasteiger partial charge in [0, 0.05) is 11.5 Å². The fraction of sp³-hybridized carbons (Fsp3) is 0.312. The largest absolute Gasteiger partial charge is 0.358 e. The highest BCUT2D eigenvalue weighted by molar-refractivity contribution is 7.99. The Hall–Kier alpha value is -1.92. The summed E-state index contributed by atoms with van der Waals surface area (Å²) in [5.74, 6) is 0. The maximum atomic E-state index is 5.84. The van der Waals surface area contributed by atoms with Gasteiger partial charge in [-0.2, -0.15) is 0 Å². The van der Waals surface area contributed by atoms with Crippen molar-refractivity contribution in [1.29, 1.82) is 0 Å². The predicted molar refractivity (Wildman–Crippen MR) is 84.7 cm³/mol. The molecule has 1 unspecified atom stereocenters. The van der Waals surface area contributed by atoms with Gasteiger partial charge in [0.2, 0.25) is 0 Å². The summed E-state index contributed by atoms with van der Waals surface area (Å²) in [6.07, 6.45) is 6.80. The van der Waals surface area contributed by atoms with E-state index in [2.05, 4.69) is 27.1 Å². The molecule has 0 aliphatic carbocycles. The first-order chi connectivity index (χ1) is 10.9. The monoisotopic (exact) mass is 312 g/mol. The van der Waals surface area contributed by atoms with Crippen LogP contribution in [0.1, 0.15) is 25.5 Å². The highest BCUT2D eigenvalue weighted by atomic mass is 32.2. The topological polar surface area (TPSA) is 52.8 Å². The molecule has 2 aromatic heterocycles. The van der Waals surface area contributed by atoms with E-state index in [0.717, 1.165) is 40.5 Å². The molecule has 1 aliphatic heterocycles. The van der Waals surface area contributed by atoms with Gasteiger partial charge >= 0.3 is 0 Å². The molecular weight excluding hydrogens is 296 g/mol. The first-order valence-corrected chi connectivity index (χ1v) is 8.25. The number of hydrogen-bond donors (Lipinski definition) is 0. The number of hydrogen-bond acceptors (Lipinski definition) is 5. The Morgan fingerprint density at radius 1 is 1.09 bits per heavy atom. The van der Waals surface area contributed by atoms with E-state index in [4.69, 9.17) is 4.74 Å².